The highest BCUT2D eigenvalue weighted by Gasteiger charge is 2.29. The zero-order chi connectivity index (χ0) is 18.6. The minimum Gasteiger partial charge on any atom is -0.352 e. The van der Waals surface area contributed by atoms with Crippen molar-refractivity contribution in [3.05, 3.63) is 64.6 Å². The van der Waals surface area contributed by atoms with Crippen molar-refractivity contribution in [1.82, 2.24) is 9.62 Å². The Morgan fingerprint density at radius 2 is 1.73 bits per heavy atom. The fourth-order valence-electron chi connectivity index (χ4n) is 2.60. The van der Waals surface area contributed by atoms with Crippen LogP contribution in [-0.2, 0) is 21.2 Å². The lowest BCUT2D eigenvalue weighted by Crippen LogP contribution is -2.42. The van der Waals surface area contributed by atoms with Gasteiger partial charge in [0.1, 0.15) is 0 Å². The summed E-state index contributed by atoms with van der Waals surface area (Å²) in [4.78, 5) is 12.4. The summed E-state index contributed by atoms with van der Waals surface area (Å²) in [5.74, 6) is -0.249. The average Bonchev–Trinajstić information content (AvgIpc) is 3.43. The van der Waals surface area contributed by atoms with Gasteiger partial charge in [-0.05, 0) is 49.1 Å². The van der Waals surface area contributed by atoms with Crippen molar-refractivity contribution in [3.8, 4) is 0 Å². The number of amides is 1. The summed E-state index contributed by atoms with van der Waals surface area (Å²) in [6, 6.07) is 16.3. The van der Waals surface area contributed by atoms with Gasteiger partial charge in [0.2, 0.25) is 15.9 Å². The summed E-state index contributed by atoms with van der Waals surface area (Å²) in [5, 5.41) is 2.86. The van der Waals surface area contributed by atoms with Crippen LogP contribution in [0.2, 0.25) is 0 Å². The standard InChI is InChI=1S/C19H21BrN2O3S/c20-16-6-10-18(11-7-16)26(24,25)22(14-19(23)21-17-8-9-17)13-12-15-4-2-1-3-5-15/h1-7,10-11,17H,8-9,12-14H2,(H,21,23). The quantitative estimate of drug-likeness (QED) is 0.691. The smallest absolute Gasteiger partial charge is 0.243 e. The number of halogens is 1. The van der Waals surface area contributed by atoms with Crippen molar-refractivity contribution in [2.45, 2.75) is 30.2 Å². The van der Waals surface area contributed by atoms with Gasteiger partial charge < -0.3 is 5.32 Å². The number of nitrogens with one attached hydrogen (secondary N) is 1. The molecule has 7 heteroatoms. The van der Waals surface area contributed by atoms with Gasteiger partial charge in [-0.15, -0.1) is 0 Å². The van der Waals surface area contributed by atoms with Crippen LogP contribution in [0.5, 0.6) is 0 Å². The van der Waals surface area contributed by atoms with E-state index in [-0.39, 0.29) is 29.9 Å². The zero-order valence-electron chi connectivity index (χ0n) is 14.3. The van der Waals surface area contributed by atoms with Crippen LogP contribution in [0.15, 0.2) is 64.0 Å². The summed E-state index contributed by atoms with van der Waals surface area (Å²) < 4.78 is 28.1. The van der Waals surface area contributed by atoms with Gasteiger partial charge in [-0.3, -0.25) is 4.79 Å². The number of sulfonamides is 1. The molecule has 26 heavy (non-hydrogen) atoms. The van der Waals surface area contributed by atoms with Gasteiger partial charge in [-0.1, -0.05) is 46.3 Å². The Hall–Kier alpha value is -1.70. The minimum atomic E-state index is -3.75. The Balaban J connectivity index is 1.78. The molecule has 2 aromatic carbocycles. The van der Waals surface area contributed by atoms with Crippen LogP contribution < -0.4 is 5.32 Å². The third-order valence-electron chi connectivity index (χ3n) is 4.21. The molecule has 2 aromatic rings. The van der Waals surface area contributed by atoms with Crippen LogP contribution >= 0.6 is 15.9 Å². The highest BCUT2D eigenvalue weighted by Crippen LogP contribution is 2.21. The van der Waals surface area contributed by atoms with Crippen molar-refractivity contribution in [2.75, 3.05) is 13.1 Å². The summed E-state index contributed by atoms with van der Waals surface area (Å²) in [6.45, 7) is 0.0855. The Morgan fingerprint density at radius 3 is 2.35 bits per heavy atom. The Bertz CT molecular complexity index is 850. The zero-order valence-corrected chi connectivity index (χ0v) is 16.7. The van der Waals surface area contributed by atoms with Gasteiger partial charge in [0.25, 0.3) is 0 Å². The minimum absolute atomic E-state index is 0.165. The average molecular weight is 437 g/mol. The second-order valence-electron chi connectivity index (χ2n) is 6.37. The number of carbonyl (C=O) groups is 1. The van der Waals surface area contributed by atoms with Crippen LogP contribution in [0.4, 0.5) is 0 Å². The first-order chi connectivity index (χ1) is 12.4. The Morgan fingerprint density at radius 1 is 1.08 bits per heavy atom. The molecule has 0 spiro atoms. The highest BCUT2D eigenvalue weighted by atomic mass is 79.9. The van der Waals surface area contributed by atoms with E-state index < -0.39 is 10.0 Å². The molecule has 1 fully saturated rings. The lowest BCUT2D eigenvalue weighted by atomic mass is 10.1. The van der Waals surface area contributed by atoms with E-state index in [0.29, 0.717) is 6.42 Å². The monoisotopic (exact) mass is 436 g/mol. The normalized spacial score (nSPS) is 14.4. The van der Waals surface area contributed by atoms with Crippen LogP contribution in [0.1, 0.15) is 18.4 Å². The maximum absolute atomic E-state index is 13.0. The van der Waals surface area contributed by atoms with Gasteiger partial charge in [0.05, 0.1) is 11.4 Å². The van der Waals surface area contributed by atoms with Crippen molar-refractivity contribution >= 4 is 31.9 Å². The van der Waals surface area contributed by atoms with Crippen molar-refractivity contribution < 1.29 is 13.2 Å². The molecule has 0 bridgehead atoms. The fraction of sp³-hybridized carbons (Fsp3) is 0.316. The van der Waals surface area contributed by atoms with Crippen molar-refractivity contribution in [1.29, 1.82) is 0 Å². The van der Waals surface area contributed by atoms with E-state index in [9.17, 15) is 13.2 Å². The maximum Gasteiger partial charge on any atom is 0.243 e. The molecule has 0 heterocycles. The SMILES string of the molecule is O=C(CN(CCc1ccccc1)S(=O)(=O)c1ccc(Br)cc1)NC1CC1. The predicted octanol–water partition coefficient (Wildman–Crippen LogP) is 2.96. The van der Waals surface area contributed by atoms with Gasteiger partial charge in [0.15, 0.2) is 0 Å². The van der Waals surface area contributed by atoms with Crippen LogP contribution in [-0.4, -0.2) is 37.8 Å². The molecule has 1 aliphatic carbocycles. The van der Waals surface area contributed by atoms with Crippen molar-refractivity contribution in [2.24, 2.45) is 0 Å². The van der Waals surface area contributed by atoms with E-state index in [1.807, 2.05) is 30.3 Å². The third kappa shape index (κ3) is 5.16. The first-order valence-electron chi connectivity index (χ1n) is 8.54. The van der Waals surface area contributed by atoms with E-state index in [1.165, 1.54) is 4.31 Å². The van der Waals surface area contributed by atoms with E-state index >= 15 is 0 Å². The first kappa shape index (κ1) is 19.1. The topological polar surface area (TPSA) is 66.5 Å². The first-order valence-corrected chi connectivity index (χ1v) is 10.8. The van der Waals surface area contributed by atoms with Crippen LogP contribution in [0.3, 0.4) is 0 Å². The molecule has 1 amide bonds. The molecule has 3 rings (SSSR count). The third-order valence-corrected chi connectivity index (χ3v) is 6.59. The summed E-state index contributed by atoms with van der Waals surface area (Å²) in [6.07, 6.45) is 2.48. The van der Waals surface area contributed by atoms with Crippen LogP contribution in [0.25, 0.3) is 0 Å². The molecule has 0 radical (unpaired) electrons. The number of rotatable bonds is 8. The number of hydrogen-bond donors (Lipinski definition) is 1. The molecular weight excluding hydrogens is 416 g/mol. The molecule has 0 saturated heterocycles. The van der Waals surface area contributed by atoms with Crippen LogP contribution in [0, 0.1) is 0 Å². The number of nitrogens with zero attached hydrogens (tertiary/aromatic N) is 1. The largest absolute Gasteiger partial charge is 0.352 e. The molecule has 0 atom stereocenters. The molecule has 0 aliphatic heterocycles. The molecule has 5 nitrogen and oxygen atoms in total. The van der Waals surface area contributed by atoms with E-state index in [0.717, 1.165) is 22.9 Å². The lowest BCUT2D eigenvalue weighted by Gasteiger charge is -2.22. The number of carbonyl (C=O) groups excluding carboxylic acids is 1. The van der Waals surface area contributed by atoms with Crippen molar-refractivity contribution in [3.63, 3.8) is 0 Å². The summed E-state index contributed by atoms with van der Waals surface area (Å²) >= 11 is 3.31. The van der Waals surface area contributed by atoms with Gasteiger partial charge in [-0.2, -0.15) is 4.31 Å². The highest BCUT2D eigenvalue weighted by molar-refractivity contribution is 9.10. The second kappa shape index (κ2) is 8.33. The molecule has 1 saturated carbocycles. The molecule has 1 aliphatic rings. The summed E-state index contributed by atoms with van der Waals surface area (Å²) in [5.41, 5.74) is 1.03. The molecule has 0 unspecified atom stereocenters. The van der Waals surface area contributed by atoms with Gasteiger partial charge in [-0.25, -0.2) is 8.42 Å². The summed E-state index contributed by atoms with van der Waals surface area (Å²) in [7, 11) is -3.75. The van der Waals surface area contributed by atoms with E-state index in [1.54, 1.807) is 24.3 Å². The van der Waals surface area contributed by atoms with Gasteiger partial charge >= 0.3 is 0 Å². The maximum atomic E-state index is 13.0. The lowest BCUT2D eigenvalue weighted by molar-refractivity contribution is -0.121. The Kier molecular flexibility index (Phi) is 6.11. The Labute approximate surface area is 162 Å². The molecule has 138 valence electrons. The number of benzene rings is 2. The molecule has 1 N–H and O–H groups in total. The van der Waals surface area contributed by atoms with Gasteiger partial charge in [0, 0.05) is 17.1 Å². The fourth-order valence-corrected chi connectivity index (χ4v) is 4.26. The second-order valence-corrected chi connectivity index (χ2v) is 9.22. The number of hydrogen-bond acceptors (Lipinski definition) is 3. The molecule has 0 aromatic heterocycles. The van der Waals surface area contributed by atoms with E-state index in [4.69, 9.17) is 0 Å². The predicted molar refractivity (Wildman–Crippen MR) is 104 cm³/mol. The molecular formula is C19H21BrN2O3S. The van der Waals surface area contributed by atoms with E-state index in [2.05, 4.69) is 21.2 Å².